The van der Waals surface area contributed by atoms with Crippen molar-refractivity contribution in [1.82, 2.24) is 9.88 Å². The fourth-order valence-corrected chi connectivity index (χ4v) is 1.81. The van der Waals surface area contributed by atoms with E-state index in [2.05, 4.69) is 9.72 Å². The van der Waals surface area contributed by atoms with Crippen molar-refractivity contribution in [3.05, 3.63) is 16.6 Å². The van der Waals surface area contributed by atoms with E-state index in [9.17, 15) is 9.59 Å². The minimum absolute atomic E-state index is 0.183. The van der Waals surface area contributed by atoms with Gasteiger partial charge in [0.2, 0.25) is 0 Å². The summed E-state index contributed by atoms with van der Waals surface area (Å²) in [7, 11) is 2.97. The average molecular weight is 242 g/mol. The monoisotopic (exact) mass is 242 g/mol. The molecule has 0 N–H and O–H groups in total. The molecule has 1 atom stereocenters. The third-order valence-electron chi connectivity index (χ3n) is 2.15. The maximum absolute atomic E-state index is 11.8. The molecule has 0 spiro atoms. The highest BCUT2D eigenvalue weighted by molar-refractivity contribution is 7.07. The van der Waals surface area contributed by atoms with Gasteiger partial charge in [-0.3, -0.25) is 9.59 Å². The van der Waals surface area contributed by atoms with Gasteiger partial charge in [-0.2, -0.15) is 0 Å². The largest absolute Gasteiger partial charge is 0.469 e. The molecular formula is C10H14N2O3S. The highest BCUT2D eigenvalue weighted by atomic mass is 32.1. The Morgan fingerprint density at radius 1 is 1.62 bits per heavy atom. The quantitative estimate of drug-likeness (QED) is 0.740. The molecule has 0 saturated heterocycles. The van der Waals surface area contributed by atoms with Gasteiger partial charge in [-0.25, -0.2) is 4.98 Å². The number of esters is 1. The molecule has 0 fully saturated rings. The first kappa shape index (κ1) is 12.6. The Morgan fingerprint density at radius 2 is 2.31 bits per heavy atom. The Bertz CT molecular complexity index is 364. The Kier molecular flexibility index (Phi) is 4.42. The highest BCUT2D eigenvalue weighted by Crippen LogP contribution is 2.07. The fourth-order valence-electron chi connectivity index (χ4n) is 1.28. The van der Waals surface area contributed by atoms with Crippen molar-refractivity contribution in [3.8, 4) is 0 Å². The Hall–Kier alpha value is -1.43. The summed E-state index contributed by atoms with van der Waals surface area (Å²) in [6.07, 6.45) is 0. The number of hydrogen-bond donors (Lipinski definition) is 0. The third-order valence-corrected chi connectivity index (χ3v) is 2.74. The number of ether oxygens (including phenoxy) is 1. The summed E-state index contributed by atoms with van der Waals surface area (Å²) in [4.78, 5) is 28.3. The van der Waals surface area contributed by atoms with Crippen molar-refractivity contribution in [2.45, 2.75) is 6.92 Å². The summed E-state index contributed by atoms with van der Waals surface area (Å²) in [6, 6.07) is 0. The second-order valence-corrected chi connectivity index (χ2v) is 4.20. The van der Waals surface area contributed by atoms with Gasteiger partial charge in [-0.1, -0.05) is 6.92 Å². The van der Waals surface area contributed by atoms with Gasteiger partial charge in [0.1, 0.15) is 5.69 Å². The molecule has 0 aromatic carbocycles. The average Bonchev–Trinajstić information content (AvgIpc) is 2.79. The topological polar surface area (TPSA) is 59.5 Å². The molecule has 5 nitrogen and oxygen atoms in total. The third kappa shape index (κ3) is 3.03. The van der Waals surface area contributed by atoms with Gasteiger partial charge in [0.25, 0.3) is 5.91 Å². The lowest BCUT2D eigenvalue weighted by Crippen LogP contribution is -2.34. The van der Waals surface area contributed by atoms with Crippen LogP contribution in [0.5, 0.6) is 0 Å². The van der Waals surface area contributed by atoms with Gasteiger partial charge in [-0.05, 0) is 0 Å². The molecule has 0 radical (unpaired) electrons. The Labute approximate surface area is 98.0 Å². The molecule has 0 aliphatic rings. The number of rotatable bonds is 4. The fraction of sp³-hybridized carbons (Fsp3) is 0.500. The predicted octanol–water partition coefficient (Wildman–Crippen LogP) is 1.02. The van der Waals surface area contributed by atoms with Crippen LogP contribution in [0, 0.1) is 5.92 Å². The van der Waals surface area contributed by atoms with Gasteiger partial charge >= 0.3 is 5.97 Å². The summed E-state index contributed by atoms with van der Waals surface area (Å²) in [6.45, 7) is 2.04. The molecule has 0 aliphatic heterocycles. The number of carbonyl (C=O) groups excluding carboxylic acids is 2. The predicted molar refractivity (Wildman–Crippen MR) is 60.3 cm³/mol. The van der Waals surface area contributed by atoms with E-state index < -0.39 is 0 Å². The number of nitrogens with zero attached hydrogens (tertiary/aromatic N) is 2. The Balaban J connectivity index is 2.56. The molecule has 1 unspecified atom stereocenters. The normalized spacial score (nSPS) is 11.9. The molecule has 1 amide bonds. The molecular weight excluding hydrogens is 228 g/mol. The molecule has 0 bridgehead atoms. The van der Waals surface area contributed by atoms with E-state index in [0.29, 0.717) is 12.2 Å². The lowest BCUT2D eigenvalue weighted by molar-refractivity contribution is -0.145. The molecule has 1 heterocycles. The van der Waals surface area contributed by atoms with E-state index in [1.165, 1.54) is 23.3 Å². The van der Waals surface area contributed by atoms with Crippen LogP contribution in [0.15, 0.2) is 10.9 Å². The highest BCUT2D eigenvalue weighted by Gasteiger charge is 2.20. The zero-order valence-corrected chi connectivity index (χ0v) is 10.3. The molecule has 0 saturated carbocycles. The number of amides is 1. The van der Waals surface area contributed by atoms with Crippen LogP contribution >= 0.6 is 11.3 Å². The minimum Gasteiger partial charge on any atom is -0.469 e. The van der Waals surface area contributed by atoms with Crippen LogP contribution in [0.1, 0.15) is 17.4 Å². The van der Waals surface area contributed by atoms with E-state index >= 15 is 0 Å². The first-order valence-corrected chi connectivity index (χ1v) is 5.72. The van der Waals surface area contributed by atoms with Crippen LogP contribution in [-0.2, 0) is 9.53 Å². The van der Waals surface area contributed by atoms with Gasteiger partial charge < -0.3 is 9.64 Å². The Morgan fingerprint density at radius 3 is 2.81 bits per heavy atom. The maximum Gasteiger partial charge on any atom is 0.310 e. The molecule has 1 rings (SSSR count). The van der Waals surface area contributed by atoms with Gasteiger partial charge in [0.15, 0.2) is 0 Å². The van der Waals surface area contributed by atoms with Gasteiger partial charge in [0.05, 0.1) is 18.5 Å². The van der Waals surface area contributed by atoms with Crippen LogP contribution in [0.3, 0.4) is 0 Å². The van der Waals surface area contributed by atoms with Crippen LogP contribution in [0.4, 0.5) is 0 Å². The number of hydrogen-bond acceptors (Lipinski definition) is 5. The van der Waals surface area contributed by atoms with Crippen molar-refractivity contribution in [2.75, 3.05) is 20.7 Å². The van der Waals surface area contributed by atoms with E-state index in [1.807, 2.05) is 0 Å². The number of thiazole rings is 1. The van der Waals surface area contributed by atoms with Crippen LogP contribution in [-0.4, -0.2) is 42.5 Å². The van der Waals surface area contributed by atoms with Crippen molar-refractivity contribution in [2.24, 2.45) is 5.92 Å². The number of carbonyl (C=O) groups is 2. The SMILES string of the molecule is COC(=O)C(C)CN(C)C(=O)c1cscn1. The smallest absolute Gasteiger partial charge is 0.310 e. The molecule has 1 aromatic heterocycles. The summed E-state index contributed by atoms with van der Waals surface area (Å²) in [5.74, 6) is -0.840. The van der Waals surface area contributed by atoms with Gasteiger partial charge in [-0.15, -0.1) is 11.3 Å². The summed E-state index contributed by atoms with van der Waals surface area (Å²) < 4.78 is 4.59. The summed E-state index contributed by atoms with van der Waals surface area (Å²) >= 11 is 1.36. The molecule has 1 aromatic rings. The molecule has 16 heavy (non-hydrogen) atoms. The molecule has 0 aliphatic carbocycles. The lowest BCUT2D eigenvalue weighted by atomic mass is 10.1. The van der Waals surface area contributed by atoms with Crippen molar-refractivity contribution >= 4 is 23.2 Å². The second-order valence-electron chi connectivity index (χ2n) is 3.48. The zero-order chi connectivity index (χ0) is 12.1. The van der Waals surface area contributed by atoms with E-state index in [0.717, 1.165) is 0 Å². The van der Waals surface area contributed by atoms with Crippen LogP contribution in [0.25, 0.3) is 0 Å². The van der Waals surface area contributed by atoms with Crippen molar-refractivity contribution in [3.63, 3.8) is 0 Å². The standard InChI is InChI=1S/C10H14N2O3S/c1-7(10(14)15-3)4-12(2)9(13)8-5-16-6-11-8/h5-7H,4H2,1-3H3. The first-order chi connectivity index (χ1) is 7.56. The van der Waals surface area contributed by atoms with E-state index in [1.54, 1.807) is 24.9 Å². The molecule has 88 valence electrons. The number of aromatic nitrogens is 1. The van der Waals surface area contributed by atoms with Crippen molar-refractivity contribution < 1.29 is 14.3 Å². The second kappa shape index (κ2) is 5.60. The summed E-state index contributed by atoms with van der Waals surface area (Å²) in [5.41, 5.74) is 2.01. The van der Waals surface area contributed by atoms with Crippen molar-refractivity contribution in [1.29, 1.82) is 0 Å². The number of methoxy groups -OCH3 is 1. The van der Waals surface area contributed by atoms with Crippen LogP contribution in [0.2, 0.25) is 0 Å². The lowest BCUT2D eigenvalue weighted by Gasteiger charge is -2.19. The first-order valence-electron chi connectivity index (χ1n) is 4.77. The van der Waals surface area contributed by atoms with Gasteiger partial charge in [0, 0.05) is 19.0 Å². The summed E-state index contributed by atoms with van der Waals surface area (Å²) in [5, 5.41) is 1.68. The minimum atomic E-state index is -0.336. The maximum atomic E-state index is 11.8. The molecule has 6 heteroatoms. The van der Waals surface area contributed by atoms with E-state index in [4.69, 9.17) is 0 Å². The van der Waals surface area contributed by atoms with E-state index in [-0.39, 0.29) is 17.8 Å². The zero-order valence-electron chi connectivity index (χ0n) is 9.47. The van der Waals surface area contributed by atoms with Crippen LogP contribution < -0.4 is 0 Å².